The molecule has 0 saturated heterocycles. The van der Waals surface area contributed by atoms with E-state index in [1.54, 1.807) is 7.11 Å². The van der Waals surface area contributed by atoms with Crippen molar-refractivity contribution < 1.29 is 9.53 Å². The Morgan fingerprint density at radius 2 is 1.67 bits per heavy atom. The Morgan fingerprint density at radius 3 is 2.20 bits per heavy atom. The van der Waals surface area contributed by atoms with Crippen LogP contribution in [0.1, 0.15) is 73.8 Å². The third-order valence-corrected chi connectivity index (χ3v) is 5.77. The minimum Gasteiger partial charge on any atom is -0.497 e. The predicted molar refractivity (Wildman–Crippen MR) is 119 cm³/mol. The van der Waals surface area contributed by atoms with E-state index in [0.717, 1.165) is 28.1 Å². The number of nitrogens with one attached hydrogen (secondary N) is 1. The lowest BCUT2D eigenvalue weighted by Gasteiger charge is -2.38. The zero-order chi connectivity index (χ0) is 21.6. The van der Waals surface area contributed by atoms with Crippen molar-refractivity contribution in [1.82, 2.24) is 15.1 Å². The highest BCUT2D eigenvalue weighted by molar-refractivity contribution is 6.00. The molecule has 4 rings (SSSR count). The molecule has 1 N–H and O–H groups in total. The number of ether oxygens (including phenoxy) is 1. The molecule has 1 aromatic heterocycles. The van der Waals surface area contributed by atoms with Gasteiger partial charge < -0.3 is 9.64 Å². The van der Waals surface area contributed by atoms with Gasteiger partial charge in [-0.2, -0.15) is 5.10 Å². The molecule has 2 heterocycles. The van der Waals surface area contributed by atoms with Gasteiger partial charge in [-0.25, -0.2) is 0 Å². The summed E-state index contributed by atoms with van der Waals surface area (Å²) >= 11 is 0. The molecule has 30 heavy (non-hydrogen) atoms. The fourth-order valence-electron chi connectivity index (χ4n) is 4.19. The van der Waals surface area contributed by atoms with Crippen LogP contribution in [0.2, 0.25) is 0 Å². The van der Waals surface area contributed by atoms with Crippen LogP contribution in [-0.2, 0) is 0 Å². The topological polar surface area (TPSA) is 58.2 Å². The molecular formula is C25H29N3O2. The normalized spacial score (nSPS) is 16.3. The second-order valence-corrected chi connectivity index (χ2v) is 9.16. The number of carbonyl (C=O) groups is 1. The first kappa shape index (κ1) is 20.2. The lowest BCUT2D eigenvalue weighted by Crippen LogP contribution is -2.44. The van der Waals surface area contributed by atoms with Gasteiger partial charge in [0.05, 0.1) is 18.8 Å². The van der Waals surface area contributed by atoms with Crippen molar-refractivity contribution in [2.24, 2.45) is 0 Å². The molecule has 3 aromatic rings. The van der Waals surface area contributed by atoms with Crippen molar-refractivity contribution in [1.29, 1.82) is 0 Å². The van der Waals surface area contributed by atoms with Gasteiger partial charge in [-0.15, -0.1) is 0 Å². The molecule has 1 unspecified atom stereocenters. The molecule has 5 nitrogen and oxygen atoms in total. The summed E-state index contributed by atoms with van der Waals surface area (Å²) in [5.74, 6) is 1.24. The number of nitrogens with zero attached hydrogens (tertiary/aromatic N) is 2. The van der Waals surface area contributed by atoms with Crippen LogP contribution in [-0.4, -0.2) is 33.7 Å². The summed E-state index contributed by atoms with van der Waals surface area (Å²) < 4.78 is 5.29. The minimum absolute atomic E-state index is 0.0114. The van der Waals surface area contributed by atoms with E-state index in [1.807, 2.05) is 29.2 Å². The molecule has 0 fully saturated rings. The molecule has 5 heteroatoms. The van der Waals surface area contributed by atoms with Gasteiger partial charge in [0, 0.05) is 16.7 Å². The molecule has 1 amide bonds. The maximum Gasteiger partial charge on any atom is 0.273 e. The van der Waals surface area contributed by atoms with Crippen LogP contribution < -0.4 is 4.74 Å². The average molecular weight is 404 g/mol. The molecule has 0 radical (unpaired) electrons. The highest BCUT2D eigenvalue weighted by Gasteiger charge is 2.46. The zero-order valence-corrected chi connectivity index (χ0v) is 18.5. The van der Waals surface area contributed by atoms with Crippen LogP contribution in [0.15, 0.2) is 48.5 Å². The van der Waals surface area contributed by atoms with E-state index in [4.69, 9.17) is 4.74 Å². The largest absolute Gasteiger partial charge is 0.497 e. The van der Waals surface area contributed by atoms with E-state index < -0.39 is 0 Å². The second kappa shape index (κ2) is 7.31. The summed E-state index contributed by atoms with van der Waals surface area (Å²) in [6, 6.07) is 16.2. The molecule has 0 bridgehead atoms. The van der Waals surface area contributed by atoms with E-state index in [1.165, 1.54) is 5.56 Å². The van der Waals surface area contributed by atoms with Crippen molar-refractivity contribution in [3.8, 4) is 17.0 Å². The van der Waals surface area contributed by atoms with Crippen molar-refractivity contribution in [2.75, 3.05) is 7.11 Å². The van der Waals surface area contributed by atoms with E-state index in [9.17, 15) is 4.79 Å². The van der Waals surface area contributed by atoms with E-state index in [-0.39, 0.29) is 17.5 Å². The number of aromatic amines is 1. The quantitative estimate of drug-likeness (QED) is 0.621. The third kappa shape index (κ3) is 3.28. The summed E-state index contributed by atoms with van der Waals surface area (Å²) in [7, 11) is 1.65. The summed E-state index contributed by atoms with van der Waals surface area (Å²) in [5, 5.41) is 7.56. The number of aromatic nitrogens is 2. The van der Waals surface area contributed by atoms with Crippen molar-refractivity contribution in [3.63, 3.8) is 0 Å². The molecule has 156 valence electrons. The van der Waals surface area contributed by atoms with E-state index in [2.05, 4.69) is 69.1 Å². The molecule has 1 aliphatic heterocycles. The Bertz CT molecular complexity index is 1060. The fourth-order valence-corrected chi connectivity index (χ4v) is 4.19. The van der Waals surface area contributed by atoms with Gasteiger partial charge >= 0.3 is 0 Å². The number of benzene rings is 2. The molecule has 0 saturated carbocycles. The number of rotatable bonds is 4. The molecule has 1 aliphatic rings. The number of hydrogen-bond donors (Lipinski definition) is 1. The first-order valence-electron chi connectivity index (χ1n) is 10.4. The zero-order valence-electron chi connectivity index (χ0n) is 18.5. The Hall–Kier alpha value is -3.08. The first-order chi connectivity index (χ1) is 14.2. The average Bonchev–Trinajstić information content (AvgIpc) is 3.27. The number of amides is 1. The smallest absolute Gasteiger partial charge is 0.273 e. The lowest BCUT2D eigenvalue weighted by molar-refractivity contribution is 0.0546. The number of H-pyrrole nitrogens is 1. The van der Waals surface area contributed by atoms with Gasteiger partial charge in [-0.05, 0) is 62.1 Å². The maximum atomic E-state index is 13.4. The van der Waals surface area contributed by atoms with Crippen LogP contribution in [0.4, 0.5) is 0 Å². The van der Waals surface area contributed by atoms with Gasteiger partial charge in [0.15, 0.2) is 0 Å². The van der Waals surface area contributed by atoms with Crippen LogP contribution in [0.25, 0.3) is 11.3 Å². The van der Waals surface area contributed by atoms with Gasteiger partial charge in [0.1, 0.15) is 11.4 Å². The molecule has 0 aliphatic carbocycles. The summed E-state index contributed by atoms with van der Waals surface area (Å²) in [5.41, 5.74) is 5.33. The summed E-state index contributed by atoms with van der Waals surface area (Å²) in [6.45, 7) is 10.6. The first-order valence-corrected chi connectivity index (χ1v) is 10.4. The fraction of sp³-hybridized carbons (Fsp3) is 0.360. The van der Waals surface area contributed by atoms with Gasteiger partial charge in [0.25, 0.3) is 5.91 Å². The van der Waals surface area contributed by atoms with E-state index >= 15 is 0 Å². The number of carbonyl (C=O) groups excluding carboxylic acids is 1. The molecular weight excluding hydrogens is 374 g/mol. The van der Waals surface area contributed by atoms with Crippen LogP contribution in [0.5, 0.6) is 5.75 Å². The van der Waals surface area contributed by atoms with Crippen LogP contribution in [0, 0.1) is 0 Å². The number of hydrogen-bond acceptors (Lipinski definition) is 3. The summed E-state index contributed by atoms with van der Waals surface area (Å²) in [4.78, 5) is 15.3. The molecule has 0 spiro atoms. The second-order valence-electron chi connectivity index (χ2n) is 9.16. The Morgan fingerprint density at radius 1 is 1.03 bits per heavy atom. The van der Waals surface area contributed by atoms with E-state index in [0.29, 0.717) is 11.6 Å². The predicted octanol–water partition coefficient (Wildman–Crippen LogP) is 5.55. The van der Waals surface area contributed by atoms with Crippen molar-refractivity contribution in [3.05, 3.63) is 70.9 Å². The highest BCUT2D eigenvalue weighted by Crippen LogP contribution is 2.46. The van der Waals surface area contributed by atoms with Gasteiger partial charge in [-0.1, -0.05) is 38.1 Å². The lowest BCUT2D eigenvalue weighted by atomic mass is 9.92. The van der Waals surface area contributed by atoms with Crippen LogP contribution >= 0.6 is 0 Å². The van der Waals surface area contributed by atoms with Crippen molar-refractivity contribution >= 4 is 5.91 Å². The number of fused-ring (bicyclic) bond motifs is 1. The molecule has 2 aromatic carbocycles. The monoisotopic (exact) mass is 403 g/mol. The third-order valence-electron chi connectivity index (χ3n) is 5.77. The Kier molecular flexibility index (Phi) is 4.92. The Labute approximate surface area is 178 Å². The Balaban J connectivity index is 1.87. The van der Waals surface area contributed by atoms with Crippen molar-refractivity contribution in [2.45, 2.75) is 52.1 Å². The maximum absolute atomic E-state index is 13.4. The SMILES string of the molecule is COc1ccc(-c2n[nH]c3c2C(c2ccc(C(C)C)cc2)N(C(C)(C)C)C3=O)cc1. The standard InChI is InChI=1S/C25H29N3O2/c1-15(2)16-7-9-18(10-8-16)23-20-21(17-11-13-19(30-6)14-12-17)26-27-22(20)24(29)28(23)25(3,4)5/h7-15,23H,1-6H3,(H,26,27). The number of methoxy groups -OCH3 is 1. The van der Waals surface area contributed by atoms with Gasteiger partial charge in [0.2, 0.25) is 0 Å². The molecule has 1 atom stereocenters. The minimum atomic E-state index is -0.338. The van der Waals surface area contributed by atoms with Gasteiger partial charge in [-0.3, -0.25) is 9.89 Å². The summed E-state index contributed by atoms with van der Waals surface area (Å²) in [6.07, 6.45) is 0. The van der Waals surface area contributed by atoms with Crippen LogP contribution in [0.3, 0.4) is 0 Å². The highest BCUT2D eigenvalue weighted by atomic mass is 16.5.